The van der Waals surface area contributed by atoms with Gasteiger partial charge in [-0.15, -0.1) is 0 Å². The molecule has 0 aromatic carbocycles. The molecular formula is C12H20N3OS+. The summed E-state index contributed by atoms with van der Waals surface area (Å²) in [5, 5.41) is 7.29. The quantitative estimate of drug-likeness (QED) is 0.652. The lowest BCUT2D eigenvalue weighted by atomic mass is 10.2. The molecule has 5 heteroatoms. The number of quaternary nitrogens is 1. The molecule has 1 heterocycles. The molecule has 0 radical (unpaired) electrons. The number of thiocarbonyl (C=S) groups is 1. The Balaban J connectivity index is 1.83. The minimum absolute atomic E-state index is 0.281. The summed E-state index contributed by atoms with van der Waals surface area (Å²) in [7, 11) is 4.23. The van der Waals surface area contributed by atoms with Gasteiger partial charge in [0.25, 0.3) is 0 Å². The van der Waals surface area contributed by atoms with Crippen LogP contribution in [0, 0.1) is 0 Å². The van der Waals surface area contributed by atoms with Crippen LogP contribution in [0.2, 0.25) is 0 Å². The third-order valence-electron chi connectivity index (χ3n) is 2.96. The molecule has 4 nitrogen and oxygen atoms in total. The Morgan fingerprint density at radius 1 is 1.59 bits per heavy atom. The topological polar surface area (TPSA) is 41.6 Å². The van der Waals surface area contributed by atoms with Gasteiger partial charge in [0.1, 0.15) is 0 Å². The Morgan fingerprint density at radius 2 is 2.35 bits per heavy atom. The summed E-state index contributed by atoms with van der Waals surface area (Å²) in [6.07, 6.45) is 4.19. The molecule has 1 atom stereocenters. The second-order valence-corrected chi connectivity index (χ2v) is 5.18. The van der Waals surface area contributed by atoms with Crippen molar-refractivity contribution >= 4 is 17.3 Å². The van der Waals surface area contributed by atoms with E-state index < -0.39 is 0 Å². The summed E-state index contributed by atoms with van der Waals surface area (Å²) in [6, 6.07) is 4.82. The standard InChI is InChI=1S/C12H19N3OS/c1-15(2)10(11-4-3-7-16-11)8-13-12(17)14-9-5-6-9/h3-4,7,9-10H,5-6,8H2,1-2H3,(H2,13,14,17)/p+1/t10-/m1/s1. The molecule has 0 saturated heterocycles. The first-order chi connectivity index (χ1) is 8.16. The first kappa shape index (κ1) is 12.4. The Kier molecular flexibility index (Phi) is 4.02. The average Bonchev–Trinajstić information content (AvgIpc) is 2.92. The summed E-state index contributed by atoms with van der Waals surface area (Å²) in [5.41, 5.74) is 0. The van der Waals surface area contributed by atoms with Crippen molar-refractivity contribution < 1.29 is 9.32 Å². The van der Waals surface area contributed by atoms with Gasteiger partial charge in [-0.1, -0.05) is 0 Å². The largest absolute Gasteiger partial charge is 0.463 e. The highest BCUT2D eigenvalue weighted by Gasteiger charge is 2.24. The molecule has 0 spiro atoms. The summed E-state index contributed by atoms with van der Waals surface area (Å²) < 4.78 is 5.46. The molecule has 0 aliphatic heterocycles. The summed E-state index contributed by atoms with van der Waals surface area (Å²) in [5.74, 6) is 0.992. The molecule has 0 bridgehead atoms. The monoisotopic (exact) mass is 254 g/mol. The van der Waals surface area contributed by atoms with E-state index in [2.05, 4.69) is 24.7 Å². The van der Waals surface area contributed by atoms with Gasteiger partial charge in [-0.3, -0.25) is 0 Å². The van der Waals surface area contributed by atoms with Crippen molar-refractivity contribution in [2.24, 2.45) is 0 Å². The van der Waals surface area contributed by atoms with E-state index in [1.165, 1.54) is 17.7 Å². The molecular weight excluding hydrogens is 234 g/mol. The Labute approximate surface area is 107 Å². The third kappa shape index (κ3) is 3.71. The Bertz CT molecular complexity index is 360. The molecule has 2 rings (SSSR count). The van der Waals surface area contributed by atoms with E-state index >= 15 is 0 Å². The van der Waals surface area contributed by atoms with Gasteiger partial charge < -0.3 is 20.0 Å². The SMILES string of the molecule is C[NH+](C)[C@H](CNC(=S)NC1CC1)c1ccco1. The zero-order valence-corrected chi connectivity index (χ0v) is 11.1. The van der Waals surface area contributed by atoms with Gasteiger partial charge in [0.15, 0.2) is 16.9 Å². The van der Waals surface area contributed by atoms with E-state index in [4.69, 9.17) is 16.6 Å². The highest BCUT2D eigenvalue weighted by molar-refractivity contribution is 7.80. The number of furan rings is 1. The van der Waals surface area contributed by atoms with Crippen LogP contribution in [0.3, 0.4) is 0 Å². The van der Waals surface area contributed by atoms with Gasteiger partial charge >= 0.3 is 0 Å². The molecule has 1 fully saturated rings. The van der Waals surface area contributed by atoms with Crippen LogP contribution in [0.4, 0.5) is 0 Å². The van der Waals surface area contributed by atoms with E-state index in [0.717, 1.165) is 17.4 Å². The van der Waals surface area contributed by atoms with Gasteiger partial charge in [-0.05, 0) is 37.2 Å². The number of rotatable bonds is 5. The van der Waals surface area contributed by atoms with Crippen molar-refractivity contribution in [3.05, 3.63) is 24.2 Å². The predicted octanol–water partition coefficient (Wildman–Crippen LogP) is 0.0917. The van der Waals surface area contributed by atoms with Crippen LogP contribution in [0.1, 0.15) is 24.6 Å². The number of likely N-dealkylation sites (N-methyl/N-ethyl adjacent to an activating group) is 1. The van der Waals surface area contributed by atoms with Gasteiger partial charge in [0, 0.05) is 6.04 Å². The molecule has 1 saturated carbocycles. The number of hydrogen-bond donors (Lipinski definition) is 3. The molecule has 17 heavy (non-hydrogen) atoms. The van der Waals surface area contributed by atoms with Crippen LogP contribution in [-0.2, 0) is 0 Å². The summed E-state index contributed by atoms with van der Waals surface area (Å²) in [4.78, 5) is 1.32. The van der Waals surface area contributed by atoms with Crippen LogP contribution in [0.5, 0.6) is 0 Å². The van der Waals surface area contributed by atoms with Crippen molar-refractivity contribution in [1.29, 1.82) is 0 Å². The van der Waals surface area contributed by atoms with Crippen molar-refractivity contribution in [2.75, 3.05) is 20.6 Å². The lowest BCUT2D eigenvalue weighted by Crippen LogP contribution is -3.07. The number of nitrogens with one attached hydrogen (secondary N) is 3. The van der Waals surface area contributed by atoms with Crippen molar-refractivity contribution in [3.8, 4) is 0 Å². The molecule has 94 valence electrons. The molecule has 1 aliphatic rings. The molecule has 0 amide bonds. The minimum atomic E-state index is 0.281. The normalized spacial score (nSPS) is 16.9. The minimum Gasteiger partial charge on any atom is -0.463 e. The van der Waals surface area contributed by atoms with Crippen LogP contribution in [0.25, 0.3) is 0 Å². The van der Waals surface area contributed by atoms with Gasteiger partial charge in [0.2, 0.25) is 0 Å². The predicted molar refractivity (Wildman–Crippen MR) is 71.0 cm³/mol. The lowest BCUT2D eigenvalue weighted by Gasteiger charge is -2.20. The van der Waals surface area contributed by atoms with Gasteiger partial charge in [-0.2, -0.15) is 0 Å². The zero-order valence-electron chi connectivity index (χ0n) is 10.3. The molecule has 1 aromatic rings. The van der Waals surface area contributed by atoms with Crippen LogP contribution in [-0.4, -0.2) is 31.8 Å². The van der Waals surface area contributed by atoms with Crippen molar-refractivity contribution in [1.82, 2.24) is 10.6 Å². The second kappa shape index (κ2) is 5.51. The zero-order chi connectivity index (χ0) is 12.3. The fraction of sp³-hybridized carbons (Fsp3) is 0.583. The van der Waals surface area contributed by atoms with E-state index in [1.807, 2.05) is 12.1 Å². The maximum atomic E-state index is 5.46. The lowest BCUT2D eigenvalue weighted by molar-refractivity contribution is -0.891. The molecule has 1 aromatic heterocycles. The van der Waals surface area contributed by atoms with E-state index in [0.29, 0.717) is 6.04 Å². The van der Waals surface area contributed by atoms with Gasteiger partial charge in [0.05, 0.1) is 26.9 Å². The Hall–Kier alpha value is -1.07. The van der Waals surface area contributed by atoms with E-state index in [9.17, 15) is 0 Å². The number of hydrogen-bond acceptors (Lipinski definition) is 2. The van der Waals surface area contributed by atoms with Crippen molar-refractivity contribution in [2.45, 2.75) is 24.9 Å². The average molecular weight is 254 g/mol. The maximum absolute atomic E-state index is 5.46. The Morgan fingerprint density at radius 3 is 2.88 bits per heavy atom. The van der Waals surface area contributed by atoms with E-state index in [1.54, 1.807) is 6.26 Å². The highest BCUT2D eigenvalue weighted by Crippen LogP contribution is 2.18. The molecule has 0 unspecified atom stereocenters. The smallest absolute Gasteiger partial charge is 0.166 e. The molecule has 1 aliphatic carbocycles. The summed E-state index contributed by atoms with van der Waals surface area (Å²) >= 11 is 5.24. The van der Waals surface area contributed by atoms with Crippen LogP contribution < -0.4 is 15.5 Å². The fourth-order valence-electron chi connectivity index (χ4n) is 1.74. The van der Waals surface area contributed by atoms with Crippen LogP contribution in [0.15, 0.2) is 22.8 Å². The second-order valence-electron chi connectivity index (χ2n) is 4.77. The van der Waals surface area contributed by atoms with Crippen molar-refractivity contribution in [3.63, 3.8) is 0 Å². The van der Waals surface area contributed by atoms with Crippen LogP contribution >= 0.6 is 12.2 Å². The highest BCUT2D eigenvalue weighted by atomic mass is 32.1. The van der Waals surface area contributed by atoms with E-state index in [-0.39, 0.29) is 6.04 Å². The summed E-state index contributed by atoms with van der Waals surface area (Å²) in [6.45, 7) is 0.786. The first-order valence-electron chi connectivity index (χ1n) is 6.04. The fourth-order valence-corrected chi connectivity index (χ4v) is 1.99. The third-order valence-corrected chi connectivity index (χ3v) is 3.23. The molecule has 3 N–H and O–H groups in total. The maximum Gasteiger partial charge on any atom is 0.166 e. The van der Waals surface area contributed by atoms with Gasteiger partial charge in [-0.25, -0.2) is 0 Å². The first-order valence-corrected chi connectivity index (χ1v) is 6.45.